The Morgan fingerprint density at radius 2 is 1.80 bits per heavy atom. The number of hydrogen-bond donors (Lipinski definition) is 1. The van der Waals surface area contributed by atoms with Crippen LogP contribution in [-0.2, 0) is 25.8 Å². The number of aliphatic hydroxyl groups is 1. The van der Waals surface area contributed by atoms with E-state index in [9.17, 15) is 24.3 Å². The second kappa shape index (κ2) is 7.91. The van der Waals surface area contributed by atoms with Gasteiger partial charge in [-0.2, -0.15) is 0 Å². The van der Waals surface area contributed by atoms with E-state index < -0.39 is 50.8 Å². The van der Waals surface area contributed by atoms with Gasteiger partial charge >= 0.3 is 0 Å². The number of furan rings is 1. The van der Waals surface area contributed by atoms with Gasteiger partial charge in [0.2, 0.25) is 11.8 Å². The molecule has 6 atom stereocenters. The highest BCUT2D eigenvalue weighted by Crippen LogP contribution is 2.65. The molecule has 1 aromatic heterocycles. The van der Waals surface area contributed by atoms with Gasteiger partial charge in [0.05, 0.1) is 23.2 Å². The van der Waals surface area contributed by atoms with Crippen molar-refractivity contribution < 1.29 is 28.7 Å². The highest BCUT2D eigenvalue weighted by atomic mass is 79.9. The van der Waals surface area contributed by atoms with Crippen molar-refractivity contribution in [1.29, 1.82) is 0 Å². The fourth-order valence-corrected chi connectivity index (χ4v) is 7.77. The molecular weight excluding hydrogens is 563 g/mol. The fourth-order valence-electron chi connectivity index (χ4n) is 6.36. The van der Waals surface area contributed by atoms with Crippen LogP contribution in [0.25, 0.3) is 0 Å². The normalized spacial score (nSPS) is 36.9. The third-order valence-corrected chi connectivity index (χ3v) is 9.72. The lowest BCUT2D eigenvalue weighted by Gasteiger charge is -2.49. The average Bonchev–Trinajstić information content (AvgIpc) is 3.40. The molecule has 4 aliphatic rings. The molecular formula is C24H25BrCl2N2O6. The Kier molecular flexibility index (Phi) is 5.65. The lowest BCUT2D eigenvalue weighted by molar-refractivity contribution is -0.146. The molecule has 0 aromatic carbocycles. The van der Waals surface area contributed by atoms with Gasteiger partial charge in [-0.1, -0.05) is 27.6 Å². The number of imide groups is 2. The number of rotatable bonds is 3. The Labute approximate surface area is 220 Å². The number of fused-ring (bicyclic) bond motifs is 4. The summed E-state index contributed by atoms with van der Waals surface area (Å²) in [5, 5.41) is 9.56. The second-order valence-corrected chi connectivity index (χ2v) is 12.4. The Morgan fingerprint density at radius 3 is 2.37 bits per heavy atom. The molecule has 0 radical (unpaired) electrons. The SMILES string of the molecule is CC(C)(C)N1C(=O)[C@H]2[C@H](CC=C3[C@H]2C[C@@]2(Cl)C(=O)N(CBr)C(=O)[C@@]2(Cl)[C@H]3c2ccc(CO)o2)C1=O. The summed E-state index contributed by atoms with van der Waals surface area (Å²) in [6, 6.07) is 3.17. The van der Waals surface area contributed by atoms with Gasteiger partial charge in [-0.3, -0.25) is 29.0 Å². The van der Waals surface area contributed by atoms with Crippen molar-refractivity contribution in [2.75, 3.05) is 5.45 Å². The maximum absolute atomic E-state index is 13.7. The minimum atomic E-state index is -1.91. The van der Waals surface area contributed by atoms with E-state index in [1.807, 2.05) is 6.08 Å². The second-order valence-electron chi connectivity index (χ2n) is 10.6. The standard InChI is InChI=1S/C24H25BrCl2N2O6/c1-22(2,3)29-18(31)13-6-5-12-14(16(13)19(29)32)8-23(26)20(33)28(10-25)21(34)24(23,27)17(12)15-7-4-11(9-30)35-15/h4-5,7,13-14,16-17,30H,6,8-10H2,1-3H3/t13-,14+,16-,17+,23+,24-/m0/s1. The van der Waals surface area contributed by atoms with Gasteiger partial charge in [-0.25, -0.2) is 0 Å². The average molecular weight is 588 g/mol. The van der Waals surface area contributed by atoms with Crippen LogP contribution in [0, 0.1) is 17.8 Å². The molecule has 1 aromatic rings. The lowest BCUT2D eigenvalue weighted by Crippen LogP contribution is -2.60. The van der Waals surface area contributed by atoms with E-state index in [4.69, 9.17) is 27.6 Å². The van der Waals surface area contributed by atoms with Crippen LogP contribution in [-0.4, -0.2) is 59.3 Å². The molecule has 0 unspecified atom stereocenters. The van der Waals surface area contributed by atoms with Crippen LogP contribution in [0.2, 0.25) is 0 Å². The van der Waals surface area contributed by atoms with Gasteiger partial charge in [-0.15, -0.1) is 23.2 Å². The molecule has 4 amide bonds. The number of halogens is 3. The highest BCUT2D eigenvalue weighted by Gasteiger charge is 2.77. The van der Waals surface area contributed by atoms with Crippen molar-refractivity contribution in [1.82, 2.24) is 9.80 Å². The van der Waals surface area contributed by atoms with Gasteiger partial charge in [0.25, 0.3) is 11.8 Å². The predicted molar refractivity (Wildman–Crippen MR) is 130 cm³/mol. The summed E-state index contributed by atoms with van der Waals surface area (Å²) in [5.41, 5.74) is -0.144. The molecule has 11 heteroatoms. The predicted octanol–water partition coefficient (Wildman–Crippen LogP) is 3.28. The minimum absolute atomic E-state index is 0.0692. The molecule has 0 bridgehead atoms. The Balaban J connectivity index is 1.71. The van der Waals surface area contributed by atoms with Crippen LogP contribution in [0.3, 0.4) is 0 Å². The van der Waals surface area contributed by atoms with E-state index in [1.54, 1.807) is 32.9 Å². The topological polar surface area (TPSA) is 108 Å². The van der Waals surface area contributed by atoms with Crippen LogP contribution in [0.4, 0.5) is 0 Å². The molecule has 3 heterocycles. The summed E-state index contributed by atoms with van der Waals surface area (Å²) in [5.74, 6) is -4.21. The van der Waals surface area contributed by atoms with Crippen molar-refractivity contribution in [2.24, 2.45) is 17.8 Å². The first kappa shape index (κ1) is 25.0. The van der Waals surface area contributed by atoms with Gasteiger partial charge in [0.15, 0.2) is 9.75 Å². The Bertz CT molecular complexity index is 1190. The zero-order valence-electron chi connectivity index (χ0n) is 19.4. The molecule has 35 heavy (non-hydrogen) atoms. The number of alkyl halides is 3. The Morgan fingerprint density at radius 1 is 1.11 bits per heavy atom. The number of amides is 4. The zero-order chi connectivity index (χ0) is 25.7. The van der Waals surface area contributed by atoms with Crippen molar-refractivity contribution in [3.05, 3.63) is 35.3 Å². The van der Waals surface area contributed by atoms with E-state index >= 15 is 0 Å². The first-order chi connectivity index (χ1) is 16.3. The van der Waals surface area contributed by atoms with E-state index in [-0.39, 0.29) is 41.8 Å². The van der Waals surface area contributed by atoms with Crippen molar-refractivity contribution in [3.63, 3.8) is 0 Å². The van der Waals surface area contributed by atoms with Crippen molar-refractivity contribution in [2.45, 2.75) is 61.4 Å². The third-order valence-electron chi connectivity index (χ3n) is 7.81. The van der Waals surface area contributed by atoms with E-state index in [2.05, 4.69) is 15.9 Å². The summed E-state index contributed by atoms with van der Waals surface area (Å²) in [6.07, 6.45) is 2.08. The van der Waals surface area contributed by atoms with Gasteiger partial charge < -0.3 is 9.52 Å². The molecule has 2 aliphatic heterocycles. The van der Waals surface area contributed by atoms with Crippen LogP contribution < -0.4 is 0 Å². The molecule has 188 valence electrons. The van der Waals surface area contributed by atoms with Gasteiger partial charge in [0.1, 0.15) is 18.1 Å². The maximum atomic E-state index is 13.7. The van der Waals surface area contributed by atoms with E-state index in [1.165, 1.54) is 4.90 Å². The Hall–Kier alpha value is -1.68. The smallest absolute Gasteiger partial charge is 0.254 e. The number of likely N-dealkylation sites (tertiary alicyclic amines) is 2. The number of nitrogens with zero attached hydrogens (tertiary/aromatic N) is 2. The summed E-state index contributed by atoms with van der Waals surface area (Å²) in [4.78, 5) is 52.5. The molecule has 1 saturated carbocycles. The first-order valence-electron chi connectivity index (χ1n) is 11.4. The molecule has 3 fully saturated rings. The number of carbonyl (C=O) groups excluding carboxylic acids is 4. The van der Waals surface area contributed by atoms with E-state index in [0.717, 1.165) is 4.90 Å². The molecule has 2 aliphatic carbocycles. The molecule has 8 nitrogen and oxygen atoms in total. The number of allylic oxidation sites excluding steroid dienone is 2. The van der Waals surface area contributed by atoms with Crippen LogP contribution in [0.5, 0.6) is 0 Å². The highest BCUT2D eigenvalue weighted by molar-refractivity contribution is 9.09. The molecule has 2 saturated heterocycles. The molecule has 5 rings (SSSR count). The lowest BCUT2D eigenvalue weighted by atomic mass is 9.57. The van der Waals surface area contributed by atoms with Crippen molar-refractivity contribution >= 4 is 62.8 Å². The summed E-state index contributed by atoms with van der Waals surface area (Å²) < 4.78 is 5.84. The monoisotopic (exact) mass is 586 g/mol. The summed E-state index contributed by atoms with van der Waals surface area (Å²) in [6.45, 7) is 5.04. The van der Waals surface area contributed by atoms with E-state index in [0.29, 0.717) is 12.0 Å². The summed E-state index contributed by atoms with van der Waals surface area (Å²) in [7, 11) is 0. The fraction of sp³-hybridized carbons (Fsp3) is 0.583. The number of carbonyl (C=O) groups is 4. The summed E-state index contributed by atoms with van der Waals surface area (Å²) >= 11 is 17.4. The first-order valence-corrected chi connectivity index (χ1v) is 13.3. The largest absolute Gasteiger partial charge is 0.463 e. The molecule has 1 N–H and O–H groups in total. The maximum Gasteiger partial charge on any atom is 0.254 e. The number of aliphatic hydroxyl groups excluding tert-OH is 1. The quantitative estimate of drug-likeness (QED) is 0.252. The number of hydrogen-bond acceptors (Lipinski definition) is 6. The van der Waals surface area contributed by atoms with Gasteiger partial charge in [-0.05, 0) is 51.7 Å². The minimum Gasteiger partial charge on any atom is -0.463 e. The molecule has 0 spiro atoms. The van der Waals surface area contributed by atoms with Crippen LogP contribution in [0.1, 0.15) is 51.1 Å². The van der Waals surface area contributed by atoms with Crippen LogP contribution in [0.15, 0.2) is 28.2 Å². The van der Waals surface area contributed by atoms with Crippen molar-refractivity contribution in [3.8, 4) is 0 Å². The van der Waals surface area contributed by atoms with Crippen LogP contribution >= 0.6 is 39.1 Å². The third kappa shape index (κ3) is 3.07. The zero-order valence-corrected chi connectivity index (χ0v) is 22.5. The van der Waals surface area contributed by atoms with Gasteiger partial charge in [0, 0.05) is 5.54 Å².